The fraction of sp³-hybridized carbons (Fsp3) is 0.148. The van der Waals surface area contributed by atoms with Gasteiger partial charge in [0.2, 0.25) is 0 Å². The van der Waals surface area contributed by atoms with Crippen LogP contribution in [0.3, 0.4) is 0 Å². The second-order valence-electron chi connectivity index (χ2n) is 8.28. The third-order valence-corrected chi connectivity index (χ3v) is 7.19. The Morgan fingerprint density at radius 3 is 2.43 bits per heavy atom. The van der Waals surface area contributed by atoms with Gasteiger partial charge in [0, 0.05) is 15.6 Å². The lowest BCUT2D eigenvalue weighted by molar-refractivity contribution is -0.122. The molecule has 1 aliphatic heterocycles. The van der Waals surface area contributed by atoms with Crippen molar-refractivity contribution in [2.24, 2.45) is 0 Å². The van der Waals surface area contributed by atoms with Crippen molar-refractivity contribution in [2.45, 2.75) is 20.5 Å². The summed E-state index contributed by atoms with van der Waals surface area (Å²) in [6.45, 7) is 3.99. The molecule has 1 N–H and O–H groups in total. The summed E-state index contributed by atoms with van der Waals surface area (Å²) in [5.74, 6) is -0.623. The topological polar surface area (TPSA) is 84.9 Å². The molecule has 0 saturated carbocycles. The molecular weight excluding hydrogens is 630 g/mol. The maximum absolute atomic E-state index is 13.3. The quantitative estimate of drug-likeness (QED) is 0.188. The highest BCUT2D eigenvalue weighted by Crippen LogP contribution is 2.36. The number of rotatable bonds is 6. The summed E-state index contributed by atoms with van der Waals surface area (Å²) < 4.78 is 12.2. The van der Waals surface area contributed by atoms with Gasteiger partial charge in [0.15, 0.2) is 11.5 Å². The van der Waals surface area contributed by atoms with E-state index in [0.29, 0.717) is 36.4 Å². The average Bonchev–Trinajstić information content (AvgIpc) is 2.84. The van der Waals surface area contributed by atoms with Gasteiger partial charge in [-0.3, -0.25) is 14.9 Å². The van der Waals surface area contributed by atoms with Gasteiger partial charge >= 0.3 is 6.03 Å². The second-order valence-corrected chi connectivity index (χ2v) is 10.3. The van der Waals surface area contributed by atoms with E-state index in [1.807, 2.05) is 19.9 Å². The van der Waals surface area contributed by atoms with Gasteiger partial charge in [0.05, 0.1) is 16.4 Å². The molecule has 4 rings (SSSR count). The van der Waals surface area contributed by atoms with Crippen LogP contribution in [0.15, 0.2) is 54.1 Å². The number of nitrogens with zero attached hydrogens (tertiary/aromatic N) is 1. The lowest BCUT2D eigenvalue weighted by Crippen LogP contribution is -2.54. The summed E-state index contributed by atoms with van der Waals surface area (Å²) >= 11 is 14.3. The molecule has 0 bridgehead atoms. The largest absolute Gasteiger partial charge is 0.493 e. The van der Waals surface area contributed by atoms with E-state index < -0.39 is 17.8 Å². The van der Waals surface area contributed by atoms with Gasteiger partial charge in [0.25, 0.3) is 11.8 Å². The molecule has 7 nitrogen and oxygen atoms in total. The first-order valence-corrected chi connectivity index (χ1v) is 12.9. The molecule has 10 heteroatoms. The standard InChI is InChI=1S/C27H21Cl2IN2O5/c1-14-4-7-19(8-15(14)2)32-26(34)20(25(33)31-27(32)35)9-16-10-22(30)24(23(11-16)36-3)37-13-17-5-6-18(28)12-21(17)29/h4-12H,13H2,1-3H3,(H,31,33,35)/b20-9+. The van der Waals surface area contributed by atoms with Crippen molar-refractivity contribution in [3.63, 3.8) is 0 Å². The molecule has 1 saturated heterocycles. The van der Waals surface area contributed by atoms with Gasteiger partial charge in [0.1, 0.15) is 12.2 Å². The third kappa shape index (κ3) is 5.76. The van der Waals surface area contributed by atoms with Crippen molar-refractivity contribution < 1.29 is 23.9 Å². The predicted molar refractivity (Wildman–Crippen MR) is 151 cm³/mol. The van der Waals surface area contributed by atoms with Crippen molar-refractivity contribution in [1.29, 1.82) is 0 Å². The minimum absolute atomic E-state index is 0.177. The Morgan fingerprint density at radius 2 is 1.76 bits per heavy atom. The molecule has 1 fully saturated rings. The van der Waals surface area contributed by atoms with Gasteiger partial charge in [-0.2, -0.15) is 0 Å². The fourth-order valence-electron chi connectivity index (χ4n) is 3.68. The Balaban J connectivity index is 1.65. The molecule has 0 spiro atoms. The number of nitrogens with one attached hydrogen (secondary N) is 1. The smallest absolute Gasteiger partial charge is 0.335 e. The highest BCUT2D eigenvalue weighted by Gasteiger charge is 2.37. The molecule has 190 valence electrons. The summed E-state index contributed by atoms with van der Waals surface area (Å²) in [5, 5.41) is 3.25. The number of carbonyl (C=O) groups is 3. The zero-order valence-electron chi connectivity index (χ0n) is 20.0. The van der Waals surface area contributed by atoms with Crippen LogP contribution in [0.2, 0.25) is 10.0 Å². The van der Waals surface area contributed by atoms with Crippen molar-refractivity contribution in [3.8, 4) is 11.5 Å². The monoisotopic (exact) mass is 650 g/mol. The number of benzene rings is 3. The molecule has 1 aliphatic rings. The van der Waals surface area contributed by atoms with E-state index in [4.69, 9.17) is 32.7 Å². The summed E-state index contributed by atoms with van der Waals surface area (Å²) in [5.41, 5.74) is 3.39. The van der Waals surface area contributed by atoms with Crippen molar-refractivity contribution in [3.05, 3.63) is 90.0 Å². The van der Waals surface area contributed by atoms with Crippen LogP contribution < -0.4 is 19.7 Å². The fourth-order valence-corrected chi connectivity index (χ4v) is 4.92. The zero-order chi connectivity index (χ0) is 26.9. The molecule has 37 heavy (non-hydrogen) atoms. The molecule has 0 unspecified atom stereocenters. The highest BCUT2D eigenvalue weighted by atomic mass is 127. The molecule has 3 aromatic carbocycles. The Morgan fingerprint density at radius 1 is 1.00 bits per heavy atom. The van der Waals surface area contributed by atoms with E-state index >= 15 is 0 Å². The number of aryl methyl sites for hydroxylation is 2. The Hall–Kier alpha value is -3.08. The number of methoxy groups -OCH3 is 1. The number of amides is 4. The van der Waals surface area contributed by atoms with Crippen LogP contribution in [0, 0.1) is 17.4 Å². The SMILES string of the molecule is COc1cc(/C=C2\C(=O)NC(=O)N(c3ccc(C)c(C)c3)C2=O)cc(I)c1OCc1ccc(Cl)cc1Cl. The number of halogens is 3. The van der Waals surface area contributed by atoms with Gasteiger partial charge < -0.3 is 9.47 Å². The van der Waals surface area contributed by atoms with E-state index in [1.165, 1.54) is 13.2 Å². The Kier molecular flexibility index (Phi) is 8.11. The molecule has 0 aliphatic carbocycles. The predicted octanol–water partition coefficient (Wildman–Crippen LogP) is 6.47. The third-order valence-electron chi connectivity index (χ3n) is 5.80. The van der Waals surface area contributed by atoms with Crippen molar-refractivity contribution in [1.82, 2.24) is 5.32 Å². The van der Waals surface area contributed by atoms with E-state index in [2.05, 4.69) is 27.9 Å². The van der Waals surface area contributed by atoms with Gasteiger partial charge in [-0.25, -0.2) is 9.69 Å². The highest BCUT2D eigenvalue weighted by molar-refractivity contribution is 14.1. The minimum Gasteiger partial charge on any atom is -0.493 e. The minimum atomic E-state index is -0.799. The van der Waals surface area contributed by atoms with E-state index in [0.717, 1.165) is 21.6 Å². The number of imide groups is 2. The number of ether oxygens (including phenoxy) is 2. The van der Waals surface area contributed by atoms with Crippen LogP contribution >= 0.6 is 45.8 Å². The lowest BCUT2D eigenvalue weighted by atomic mass is 10.0. The normalized spacial score (nSPS) is 14.7. The molecule has 1 heterocycles. The maximum Gasteiger partial charge on any atom is 0.335 e. The van der Waals surface area contributed by atoms with E-state index in [9.17, 15) is 14.4 Å². The number of urea groups is 1. The zero-order valence-corrected chi connectivity index (χ0v) is 23.7. The molecule has 0 aromatic heterocycles. The maximum atomic E-state index is 13.3. The lowest BCUT2D eigenvalue weighted by Gasteiger charge is -2.27. The first-order valence-electron chi connectivity index (χ1n) is 11.0. The van der Waals surface area contributed by atoms with Crippen LogP contribution in [-0.4, -0.2) is 25.0 Å². The van der Waals surface area contributed by atoms with E-state index in [1.54, 1.807) is 42.5 Å². The average molecular weight is 651 g/mol. The van der Waals surface area contributed by atoms with Crippen molar-refractivity contribution >= 4 is 75.4 Å². The summed E-state index contributed by atoms with van der Waals surface area (Å²) in [7, 11) is 1.49. The Labute approximate surface area is 237 Å². The van der Waals surface area contributed by atoms with Crippen LogP contribution in [-0.2, 0) is 16.2 Å². The van der Waals surface area contributed by atoms with Crippen molar-refractivity contribution in [2.75, 3.05) is 12.0 Å². The van der Waals surface area contributed by atoms with E-state index in [-0.39, 0.29) is 12.2 Å². The first kappa shape index (κ1) is 27.0. The van der Waals surface area contributed by atoms with Crippen LogP contribution in [0.5, 0.6) is 11.5 Å². The van der Waals surface area contributed by atoms with Crippen LogP contribution in [0.25, 0.3) is 6.08 Å². The van der Waals surface area contributed by atoms with Gasteiger partial charge in [-0.05, 0) is 95.6 Å². The number of barbiturate groups is 1. The summed E-state index contributed by atoms with van der Waals surface area (Å²) in [6, 6.07) is 12.9. The first-order chi connectivity index (χ1) is 17.6. The summed E-state index contributed by atoms with van der Waals surface area (Å²) in [4.78, 5) is 39.4. The number of hydrogen-bond acceptors (Lipinski definition) is 5. The van der Waals surface area contributed by atoms with Crippen LogP contribution in [0.1, 0.15) is 22.3 Å². The van der Waals surface area contributed by atoms with Gasteiger partial charge in [-0.15, -0.1) is 0 Å². The summed E-state index contributed by atoms with van der Waals surface area (Å²) in [6.07, 6.45) is 1.42. The number of hydrogen-bond donors (Lipinski definition) is 1. The molecule has 3 aromatic rings. The number of carbonyl (C=O) groups excluding carboxylic acids is 3. The van der Waals surface area contributed by atoms with Crippen LogP contribution in [0.4, 0.5) is 10.5 Å². The second kappa shape index (κ2) is 11.1. The molecule has 0 radical (unpaired) electrons. The molecular formula is C27H21Cl2IN2O5. The number of anilines is 1. The molecule has 0 atom stereocenters. The molecule has 4 amide bonds. The van der Waals surface area contributed by atoms with Gasteiger partial charge in [-0.1, -0.05) is 35.3 Å². The Bertz CT molecular complexity index is 1470.